The lowest BCUT2D eigenvalue weighted by Crippen LogP contribution is -2.49. The molecule has 0 spiro atoms. The number of ketones is 1. The molecule has 0 atom stereocenters. The van der Waals surface area contributed by atoms with Crippen LogP contribution in [0.25, 0.3) is 0 Å². The summed E-state index contributed by atoms with van der Waals surface area (Å²) in [5, 5.41) is 10.9. The molecule has 0 saturated carbocycles. The maximum Gasteiger partial charge on any atom is 0.332 e. The fraction of sp³-hybridized carbons (Fsp3) is 0.476. The molecule has 0 bridgehead atoms. The average Bonchev–Trinajstić information content (AvgIpc) is 2.78. The van der Waals surface area contributed by atoms with Gasteiger partial charge in [0, 0.05) is 65.0 Å². The molecule has 11 heteroatoms. The predicted molar refractivity (Wildman–Crippen MR) is 119 cm³/mol. The van der Waals surface area contributed by atoms with Crippen LogP contribution in [0.3, 0.4) is 0 Å². The molecule has 3 rings (SSSR count). The van der Waals surface area contributed by atoms with Gasteiger partial charge >= 0.3 is 5.69 Å². The van der Waals surface area contributed by atoms with E-state index < -0.39 is 4.92 Å². The van der Waals surface area contributed by atoms with E-state index in [1.165, 1.54) is 42.8 Å². The Morgan fingerprint density at radius 1 is 1.09 bits per heavy atom. The van der Waals surface area contributed by atoms with Gasteiger partial charge in [-0.1, -0.05) is 0 Å². The summed E-state index contributed by atoms with van der Waals surface area (Å²) < 4.78 is 8.29. The minimum absolute atomic E-state index is 0.144. The first-order valence-electron chi connectivity index (χ1n) is 10.4. The van der Waals surface area contributed by atoms with Gasteiger partial charge in [-0.2, -0.15) is 0 Å². The third kappa shape index (κ3) is 5.05. The zero-order valence-electron chi connectivity index (χ0n) is 18.4. The molecular weight excluding hydrogens is 418 g/mol. The third-order valence-corrected chi connectivity index (χ3v) is 5.63. The second kappa shape index (κ2) is 9.77. The lowest BCUT2D eigenvalue weighted by Gasteiger charge is -2.36. The van der Waals surface area contributed by atoms with Crippen molar-refractivity contribution in [3.63, 3.8) is 0 Å². The molecule has 1 aliphatic heterocycles. The van der Waals surface area contributed by atoms with Crippen LogP contribution in [0.4, 0.5) is 11.5 Å². The number of piperazine rings is 1. The van der Waals surface area contributed by atoms with Gasteiger partial charge in [0.1, 0.15) is 11.6 Å². The second-order valence-corrected chi connectivity index (χ2v) is 7.77. The molecule has 0 radical (unpaired) electrons. The van der Waals surface area contributed by atoms with Crippen molar-refractivity contribution in [3.8, 4) is 5.75 Å². The summed E-state index contributed by atoms with van der Waals surface area (Å²) in [4.78, 5) is 50.6. The maximum atomic E-state index is 12.1. The molecule has 0 aliphatic carbocycles. The Morgan fingerprint density at radius 2 is 1.78 bits per heavy atom. The number of Topliss-reactive ketones (excluding diaryl/α,β-unsaturated/α-hetero) is 1. The highest BCUT2D eigenvalue weighted by molar-refractivity contribution is 5.97. The van der Waals surface area contributed by atoms with E-state index in [0.717, 1.165) is 30.6 Å². The quantitative estimate of drug-likeness (QED) is 0.253. The second-order valence-electron chi connectivity index (χ2n) is 7.77. The number of nitro groups is 1. The van der Waals surface area contributed by atoms with Crippen LogP contribution in [0, 0.1) is 10.1 Å². The van der Waals surface area contributed by atoms with E-state index in [4.69, 9.17) is 4.74 Å². The van der Waals surface area contributed by atoms with Crippen molar-refractivity contribution in [2.75, 3.05) is 44.2 Å². The molecule has 32 heavy (non-hydrogen) atoms. The topological polar surface area (TPSA) is 120 Å². The van der Waals surface area contributed by atoms with Gasteiger partial charge in [0.05, 0.1) is 17.1 Å². The summed E-state index contributed by atoms with van der Waals surface area (Å²) in [5.74, 6) is 0.681. The van der Waals surface area contributed by atoms with Crippen LogP contribution in [0.5, 0.6) is 5.75 Å². The minimum Gasteiger partial charge on any atom is -0.493 e. The molecule has 11 nitrogen and oxygen atoms in total. The summed E-state index contributed by atoms with van der Waals surface area (Å²) in [7, 11) is 3.12. The largest absolute Gasteiger partial charge is 0.493 e. The molecule has 1 aromatic heterocycles. The molecule has 1 aromatic carbocycles. The van der Waals surface area contributed by atoms with Crippen LogP contribution in [-0.4, -0.2) is 64.1 Å². The summed E-state index contributed by atoms with van der Waals surface area (Å²) in [6.07, 6.45) is 0.721. The number of rotatable bonds is 8. The van der Waals surface area contributed by atoms with E-state index >= 15 is 0 Å². The lowest BCUT2D eigenvalue weighted by molar-refractivity contribution is -0.384. The number of hydrogen-bond donors (Lipinski definition) is 0. The average molecular weight is 445 g/mol. The molecular formula is C21H27N5O6. The van der Waals surface area contributed by atoms with E-state index in [-0.39, 0.29) is 28.3 Å². The third-order valence-electron chi connectivity index (χ3n) is 5.63. The number of nitro benzene ring substituents is 1. The van der Waals surface area contributed by atoms with Crippen molar-refractivity contribution < 1.29 is 14.5 Å². The highest BCUT2D eigenvalue weighted by Crippen LogP contribution is 2.25. The number of non-ortho nitro benzene ring substituents is 1. The van der Waals surface area contributed by atoms with E-state index in [1.54, 1.807) is 7.05 Å². The zero-order valence-corrected chi connectivity index (χ0v) is 18.4. The minimum atomic E-state index is -0.541. The molecule has 1 aliphatic rings. The Labute approximate surface area is 184 Å². The zero-order chi connectivity index (χ0) is 23.4. The van der Waals surface area contributed by atoms with Crippen LogP contribution in [0.15, 0.2) is 33.9 Å². The molecule has 1 fully saturated rings. The van der Waals surface area contributed by atoms with Gasteiger partial charge in [0.25, 0.3) is 11.2 Å². The Kier molecular flexibility index (Phi) is 7.08. The fourth-order valence-electron chi connectivity index (χ4n) is 3.73. The van der Waals surface area contributed by atoms with Crippen LogP contribution < -0.4 is 20.9 Å². The first-order chi connectivity index (χ1) is 15.2. The lowest BCUT2D eigenvalue weighted by atomic mass is 10.1. The Balaban J connectivity index is 1.51. The van der Waals surface area contributed by atoms with Crippen LogP contribution in [0.1, 0.15) is 23.7 Å². The van der Waals surface area contributed by atoms with Crippen LogP contribution in [-0.2, 0) is 14.1 Å². The van der Waals surface area contributed by atoms with E-state index in [1.807, 2.05) is 4.90 Å². The first-order valence-corrected chi connectivity index (χ1v) is 10.4. The number of anilines is 1. The fourth-order valence-corrected chi connectivity index (χ4v) is 3.73. The smallest absolute Gasteiger partial charge is 0.332 e. The number of nitrogens with zero attached hydrogens (tertiary/aromatic N) is 5. The number of carbonyl (C=O) groups is 1. The normalized spacial score (nSPS) is 14.4. The highest BCUT2D eigenvalue weighted by Gasteiger charge is 2.20. The molecule has 0 amide bonds. The van der Waals surface area contributed by atoms with Crippen LogP contribution in [0.2, 0.25) is 0 Å². The summed E-state index contributed by atoms with van der Waals surface area (Å²) in [6.45, 7) is 5.45. The number of carbonyl (C=O) groups excluding carboxylic acids is 1. The molecule has 2 aromatic rings. The van der Waals surface area contributed by atoms with Crippen LogP contribution >= 0.6 is 0 Å². The van der Waals surface area contributed by atoms with E-state index in [9.17, 15) is 24.5 Å². The van der Waals surface area contributed by atoms with Crippen molar-refractivity contribution in [1.29, 1.82) is 0 Å². The summed E-state index contributed by atoms with van der Waals surface area (Å²) in [5.41, 5.74) is -0.608. The Hall–Kier alpha value is -3.47. The van der Waals surface area contributed by atoms with E-state index in [2.05, 4.69) is 4.90 Å². The van der Waals surface area contributed by atoms with Gasteiger partial charge in [-0.15, -0.1) is 0 Å². The summed E-state index contributed by atoms with van der Waals surface area (Å²) in [6, 6.07) is 5.51. The van der Waals surface area contributed by atoms with Crippen molar-refractivity contribution >= 4 is 17.3 Å². The number of hydrogen-bond acceptors (Lipinski definition) is 8. The Morgan fingerprint density at radius 3 is 2.41 bits per heavy atom. The molecule has 172 valence electrons. The highest BCUT2D eigenvalue weighted by atomic mass is 16.6. The SMILES string of the molecule is CC(=O)c1cc([N+](=O)[O-])ccc1OCCCN1CCN(c2cc(=O)n(C)c(=O)n2C)CC1. The van der Waals surface area contributed by atoms with Crippen molar-refractivity contribution in [2.45, 2.75) is 13.3 Å². The van der Waals surface area contributed by atoms with E-state index in [0.29, 0.717) is 31.3 Å². The van der Waals surface area contributed by atoms with Crippen molar-refractivity contribution in [2.24, 2.45) is 14.1 Å². The van der Waals surface area contributed by atoms with Gasteiger partial charge in [-0.3, -0.25) is 33.7 Å². The predicted octanol–water partition coefficient (Wildman–Crippen LogP) is 0.786. The van der Waals surface area contributed by atoms with Gasteiger partial charge in [-0.25, -0.2) is 4.79 Å². The van der Waals surface area contributed by atoms with Crippen molar-refractivity contribution in [3.05, 3.63) is 60.8 Å². The molecule has 0 N–H and O–H groups in total. The summed E-state index contributed by atoms with van der Waals surface area (Å²) >= 11 is 0. The van der Waals surface area contributed by atoms with Crippen molar-refractivity contribution in [1.82, 2.24) is 14.0 Å². The van der Waals surface area contributed by atoms with Gasteiger partial charge in [-0.05, 0) is 19.4 Å². The number of ether oxygens (including phenoxy) is 1. The molecule has 2 heterocycles. The Bertz CT molecular complexity index is 1130. The van der Waals surface area contributed by atoms with Gasteiger partial charge in [0.2, 0.25) is 0 Å². The number of aromatic nitrogens is 2. The number of benzene rings is 1. The van der Waals surface area contributed by atoms with Gasteiger partial charge < -0.3 is 9.64 Å². The first kappa shape index (κ1) is 23.2. The molecule has 1 saturated heterocycles. The molecule has 0 unspecified atom stereocenters. The monoisotopic (exact) mass is 445 g/mol. The van der Waals surface area contributed by atoms with Gasteiger partial charge in [0.15, 0.2) is 5.78 Å². The maximum absolute atomic E-state index is 12.1. The standard InChI is InChI=1S/C21H27N5O6/c1-15(27)17-13-16(26(30)31)5-6-18(17)32-12-4-7-24-8-10-25(11-9-24)19-14-20(28)23(3)21(29)22(19)2/h5-6,13-14H,4,7-12H2,1-3H3.